The third-order valence-corrected chi connectivity index (χ3v) is 5.44. The normalized spacial score (nSPS) is 21.3. The van der Waals surface area contributed by atoms with Crippen molar-refractivity contribution in [2.24, 2.45) is 10.9 Å². The minimum atomic E-state index is -0.138. The monoisotopic (exact) mass is 489 g/mol. The first kappa shape index (κ1) is 22.2. The second-order valence-corrected chi connectivity index (χ2v) is 7.31. The molecule has 152 valence electrons. The van der Waals surface area contributed by atoms with Gasteiger partial charge < -0.3 is 20.0 Å². The number of piperazine rings is 1. The highest BCUT2D eigenvalue weighted by atomic mass is 127. The summed E-state index contributed by atoms with van der Waals surface area (Å²) in [5, 5.41) is 3.57. The van der Waals surface area contributed by atoms with Crippen molar-refractivity contribution in [1.82, 2.24) is 15.1 Å². The van der Waals surface area contributed by atoms with E-state index in [0.29, 0.717) is 11.6 Å². The number of halogens is 2. The van der Waals surface area contributed by atoms with Crippen LogP contribution in [0.4, 0.5) is 10.1 Å². The molecule has 0 bridgehead atoms. The Labute approximate surface area is 180 Å². The van der Waals surface area contributed by atoms with E-state index in [1.165, 1.54) is 38.5 Å². The van der Waals surface area contributed by atoms with Crippen LogP contribution in [0.3, 0.4) is 0 Å². The van der Waals surface area contributed by atoms with E-state index in [1.807, 2.05) is 19.2 Å². The fourth-order valence-corrected chi connectivity index (χ4v) is 4.03. The maximum Gasteiger partial charge on any atom is 0.193 e. The maximum absolute atomic E-state index is 14.0. The van der Waals surface area contributed by atoms with Gasteiger partial charge in [0.2, 0.25) is 0 Å². The van der Waals surface area contributed by atoms with Gasteiger partial charge in [-0.25, -0.2) is 4.39 Å². The van der Waals surface area contributed by atoms with Crippen LogP contribution in [0.1, 0.15) is 19.8 Å². The molecule has 1 unspecified atom stereocenters. The average molecular weight is 489 g/mol. The molecule has 1 aromatic rings. The van der Waals surface area contributed by atoms with E-state index in [2.05, 4.69) is 31.9 Å². The molecular weight excluding hydrogens is 456 g/mol. The summed E-state index contributed by atoms with van der Waals surface area (Å²) in [6.07, 6.45) is 2.50. The Bertz CT molecular complexity index is 604. The van der Waals surface area contributed by atoms with Gasteiger partial charge in [0.1, 0.15) is 5.82 Å². The van der Waals surface area contributed by atoms with Crippen molar-refractivity contribution in [1.29, 1.82) is 0 Å². The van der Waals surface area contributed by atoms with Gasteiger partial charge in [-0.3, -0.25) is 4.99 Å². The van der Waals surface area contributed by atoms with Gasteiger partial charge in [0.15, 0.2) is 5.96 Å². The lowest BCUT2D eigenvalue weighted by atomic mass is 10.1. The highest BCUT2D eigenvalue weighted by Gasteiger charge is 2.24. The Kier molecular flexibility index (Phi) is 9.08. The number of rotatable bonds is 5. The predicted octanol–water partition coefficient (Wildman–Crippen LogP) is 2.87. The highest BCUT2D eigenvalue weighted by Crippen LogP contribution is 2.20. The Morgan fingerprint density at radius 1 is 1.19 bits per heavy atom. The quantitative estimate of drug-likeness (QED) is 0.392. The van der Waals surface area contributed by atoms with Crippen molar-refractivity contribution in [2.75, 3.05) is 64.3 Å². The van der Waals surface area contributed by atoms with Crippen molar-refractivity contribution in [3.63, 3.8) is 0 Å². The van der Waals surface area contributed by atoms with Gasteiger partial charge in [0.25, 0.3) is 0 Å². The summed E-state index contributed by atoms with van der Waals surface area (Å²) < 4.78 is 14.0. The summed E-state index contributed by atoms with van der Waals surface area (Å²) in [4.78, 5) is 11.4. The molecule has 2 aliphatic rings. The molecular formula is C20H33FIN5. The van der Waals surface area contributed by atoms with Crippen LogP contribution >= 0.6 is 24.0 Å². The summed E-state index contributed by atoms with van der Waals surface area (Å²) in [5.74, 6) is 1.55. The van der Waals surface area contributed by atoms with Gasteiger partial charge in [-0.1, -0.05) is 19.1 Å². The summed E-state index contributed by atoms with van der Waals surface area (Å²) in [6.45, 7) is 10.2. The zero-order valence-corrected chi connectivity index (χ0v) is 18.9. The predicted molar refractivity (Wildman–Crippen MR) is 122 cm³/mol. The van der Waals surface area contributed by atoms with Crippen LogP contribution in [0, 0.1) is 11.7 Å². The van der Waals surface area contributed by atoms with Crippen LogP contribution in [0.2, 0.25) is 0 Å². The lowest BCUT2D eigenvalue weighted by molar-refractivity contribution is 0.322. The number of hydrogen-bond acceptors (Lipinski definition) is 3. The van der Waals surface area contributed by atoms with Crippen molar-refractivity contribution in [3.8, 4) is 0 Å². The van der Waals surface area contributed by atoms with Crippen LogP contribution in [-0.4, -0.2) is 75.2 Å². The first-order valence-electron chi connectivity index (χ1n) is 9.88. The number of likely N-dealkylation sites (tertiary alicyclic amines) is 1. The zero-order valence-electron chi connectivity index (χ0n) is 16.5. The summed E-state index contributed by atoms with van der Waals surface area (Å²) in [7, 11) is 1.85. The van der Waals surface area contributed by atoms with Gasteiger partial charge in [0.05, 0.1) is 5.69 Å². The average Bonchev–Trinajstić information content (AvgIpc) is 3.11. The maximum atomic E-state index is 14.0. The minimum absolute atomic E-state index is 0. The molecule has 27 heavy (non-hydrogen) atoms. The van der Waals surface area contributed by atoms with Crippen LogP contribution in [0.25, 0.3) is 0 Å². The SMILES string of the molecule is CCCN1CCC(CNC(=NC)N2CCN(c3ccccc3F)CC2)C1.I. The van der Waals surface area contributed by atoms with Gasteiger partial charge >= 0.3 is 0 Å². The smallest absolute Gasteiger partial charge is 0.193 e. The number of aliphatic imine (C=N–C) groups is 1. The molecule has 1 aromatic carbocycles. The lowest BCUT2D eigenvalue weighted by Crippen LogP contribution is -2.53. The van der Waals surface area contributed by atoms with E-state index in [9.17, 15) is 4.39 Å². The highest BCUT2D eigenvalue weighted by molar-refractivity contribution is 14.0. The van der Waals surface area contributed by atoms with Crippen molar-refractivity contribution in [3.05, 3.63) is 30.1 Å². The van der Waals surface area contributed by atoms with Crippen molar-refractivity contribution < 1.29 is 4.39 Å². The Morgan fingerprint density at radius 3 is 2.59 bits per heavy atom. The van der Waals surface area contributed by atoms with E-state index in [4.69, 9.17) is 0 Å². The molecule has 0 spiro atoms. The van der Waals surface area contributed by atoms with Crippen LogP contribution < -0.4 is 10.2 Å². The molecule has 0 aliphatic carbocycles. The molecule has 1 atom stereocenters. The molecule has 3 rings (SSSR count). The Hall–Kier alpha value is -1.09. The van der Waals surface area contributed by atoms with Crippen LogP contribution in [0.5, 0.6) is 0 Å². The largest absolute Gasteiger partial charge is 0.366 e. The Morgan fingerprint density at radius 2 is 1.93 bits per heavy atom. The molecule has 1 N–H and O–H groups in total. The summed E-state index contributed by atoms with van der Waals surface area (Å²) in [6, 6.07) is 7.03. The second-order valence-electron chi connectivity index (χ2n) is 7.31. The van der Waals surface area contributed by atoms with Crippen molar-refractivity contribution >= 4 is 35.6 Å². The van der Waals surface area contributed by atoms with E-state index >= 15 is 0 Å². The Balaban J connectivity index is 0.00000261. The summed E-state index contributed by atoms with van der Waals surface area (Å²) >= 11 is 0. The molecule has 2 saturated heterocycles. The minimum Gasteiger partial charge on any atom is -0.366 e. The molecule has 0 aromatic heterocycles. The third-order valence-electron chi connectivity index (χ3n) is 5.44. The fourth-order valence-electron chi connectivity index (χ4n) is 4.03. The zero-order chi connectivity index (χ0) is 18.4. The van der Waals surface area contributed by atoms with Gasteiger partial charge in [-0.05, 0) is 44.0 Å². The molecule has 0 radical (unpaired) electrons. The number of hydrogen-bond donors (Lipinski definition) is 1. The fraction of sp³-hybridized carbons (Fsp3) is 0.650. The molecule has 5 nitrogen and oxygen atoms in total. The first-order valence-corrected chi connectivity index (χ1v) is 9.88. The molecule has 0 amide bonds. The van der Waals surface area contributed by atoms with E-state index in [1.54, 1.807) is 6.07 Å². The van der Waals surface area contributed by atoms with Gasteiger partial charge in [0, 0.05) is 46.3 Å². The third kappa shape index (κ3) is 5.94. The number of nitrogens with zero attached hydrogens (tertiary/aromatic N) is 4. The summed E-state index contributed by atoms with van der Waals surface area (Å²) in [5.41, 5.74) is 0.706. The van der Waals surface area contributed by atoms with Gasteiger partial charge in [-0.15, -0.1) is 24.0 Å². The van der Waals surface area contributed by atoms with Gasteiger partial charge in [-0.2, -0.15) is 0 Å². The topological polar surface area (TPSA) is 34.1 Å². The van der Waals surface area contributed by atoms with E-state index < -0.39 is 0 Å². The van der Waals surface area contributed by atoms with E-state index in [0.717, 1.165) is 38.7 Å². The number of nitrogens with one attached hydrogen (secondary N) is 1. The number of benzene rings is 1. The van der Waals surface area contributed by atoms with Crippen molar-refractivity contribution in [2.45, 2.75) is 19.8 Å². The standard InChI is InChI=1S/C20H32FN5.HI/c1-3-9-24-10-8-17(16-24)15-23-20(22-2)26-13-11-25(12-14-26)19-7-5-4-6-18(19)21;/h4-7,17H,3,8-16H2,1-2H3,(H,22,23);1H. The molecule has 2 heterocycles. The molecule has 2 aliphatic heterocycles. The molecule has 2 fully saturated rings. The lowest BCUT2D eigenvalue weighted by Gasteiger charge is -2.38. The molecule has 7 heteroatoms. The van der Waals surface area contributed by atoms with Crippen LogP contribution in [0.15, 0.2) is 29.3 Å². The molecule has 0 saturated carbocycles. The number of anilines is 1. The number of guanidine groups is 1. The number of para-hydroxylation sites is 1. The second kappa shape index (κ2) is 11.0. The van der Waals surface area contributed by atoms with E-state index in [-0.39, 0.29) is 29.8 Å². The first-order chi connectivity index (χ1) is 12.7. The van der Waals surface area contributed by atoms with Crippen LogP contribution in [-0.2, 0) is 0 Å².